The van der Waals surface area contributed by atoms with Crippen LogP contribution >= 0.6 is 0 Å². The number of rotatable bonds is 1. The van der Waals surface area contributed by atoms with Gasteiger partial charge in [0.25, 0.3) is 0 Å². The van der Waals surface area contributed by atoms with Crippen molar-refractivity contribution in [2.24, 2.45) is 5.41 Å². The molecule has 1 aromatic carbocycles. The van der Waals surface area contributed by atoms with Gasteiger partial charge in [-0.2, -0.15) is 0 Å². The van der Waals surface area contributed by atoms with Gasteiger partial charge in [-0.15, -0.1) is 0 Å². The summed E-state index contributed by atoms with van der Waals surface area (Å²) in [6, 6.07) is 5.64. The predicted octanol–water partition coefficient (Wildman–Crippen LogP) is 2.71. The maximum Gasteiger partial charge on any atom is 0.161 e. The van der Waals surface area contributed by atoms with Gasteiger partial charge in [-0.3, -0.25) is 0 Å². The summed E-state index contributed by atoms with van der Waals surface area (Å²) in [4.78, 5) is 0. The fourth-order valence-corrected chi connectivity index (χ4v) is 1.78. The van der Waals surface area contributed by atoms with Crippen LogP contribution in [0.5, 0.6) is 11.5 Å². The highest BCUT2D eigenvalue weighted by Crippen LogP contribution is 2.42. The summed E-state index contributed by atoms with van der Waals surface area (Å²) >= 11 is 0. The van der Waals surface area contributed by atoms with Gasteiger partial charge in [0.2, 0.25) is 0 Å². The highest BCUT2D eigenvalue weighted by Gasteiger charge is 2.37. The largest absolute Gasteiger partial charge is 0.486 e. The molecule has 1 unspecified atom stereocenters. The fourth-order valence-electron chi connectivity index (χ4n) is 1.78. The minimum atomic E-state index is -0.900. The highest BCUT2D eigenvalue weighted by molar-refractivity contribution is 5.45. The summed E-state index contributed by atoms with van der Waals surface area (Å²) in [6.45, 7) is 9.03. The molecular weight excluding hydrogens is 216 g/mol. The normalized spacial score (nSPS) is 18.6. The van der Waals surface area contributed by atoms with Crippen LogP contribution < -0.4 is 9.47 Å². The van der Waals surface area contributed by atoms with Crippen LogP contribution in [0.2, 0.25) is 0 Å². The van der Waals surface area contributed by atoms with Crippen molar-refractivity contribution in [3.8, 4) is 11.5 Å². The topological polar surface area (TPSA) is 38.7 Å². The summed E-state index contributed by atoms with van der Waals surface area (Å²) in [5, 5.41) is 10.6. The Morgan fingerprint density at radius 2 is 1.59 bits per heavy atom. The Morgan fingerprint density at radius 1 is 1.00 bits per heavy atom. The predicted molar refractivity (Wildman–Crippen MR) is 66.5 cm³/mol. The molecule has 0 saturated heterocycles. The number of hydrogen-bond donors (Lipinski definition) is 1. The molecule has 0 spiro atoms. The second kappa shape index (κ2) is 3.91. The number of fused-ring (bicyclic) bond motifs is 1. The first kappa shape index (κ1) is 12.2. The van der Waals surface area contributed by atoms with E-state index in [-0.39, 0.29) is 5.41 Å². The summed E-state index contributed by atoms with van der Waals surface area (Å²) in [7, 11) is 0. The molecule has 0 amide bonds. The number of benzene rings is 1. The smallest absolute Gasteiger partial charge is 0.161 e. The molecule has 1 heterocycles. The van der Waals surface area contributed by atoms with Crippen LogP contribution in [-0.2, 0) is 5.60 Å². The molecule has 1 aliphatic rings. The Hall–Kier alpha value is -1.22. The Labute approximate surface area is 102 Å². The van der Waals surface area contributed by atoms with E-state index in [0.29, 0.717) is 13.2 Å². The first-order valence-corrected chi connectivity index (χ1v) is 5.95. The lowest BCUT2D eigenvalue weighted by molar-refractivity contribution is -0.0472. The van der Waals surface area contributed by atoms with E-state index < -0.39 is 5.60 Å². The molecular formula is C14H20O3. The van der Waals surface area contributed by atoms with Crippen molar-refractivity contribution in [3.63, 3.8) is 0 Å². The lowest BCUT2D eigenvalue weighted by Crippen LogP contribution is -2.36. The Kier molecular flexibility index (Phi) is 2.82. The van der Waals surface area contributed by atoms with Crippen LogP contribution in [0, 0.1) is 5.41 Å². The molecule has 94 valence electrons. The number of ether oxygens (including phenoxy) is 2. The van der Waals surface area contributed by atoms with Crippen molar-refractivity contribution in [2.75, 3.05) is 13.2 Å². The fraction of sp³-hybridized carbons (Fsp3) is 0.571. The summed E-state index contributed by atoms with van der Waals surface area (Å²) in [6.07, 6.45) is 0. The van der Waals surface area contributed by atoms with Crippen molar-refractivity contribution in [2.45, 2.75) is 33.3 Å². The second-order valence-electron chi connectivity index (χ2n) is 5.68. The molecule has 17 heavy (non-hydrogen) atoms. The molecule has 1 aliphatic heterocycles. The van der Waals surface area contributed by atoms with E-state index in [4.69, 9.17) is 9.47 Å². The minimum absolute atomic E-state index is 0.239. The zero-order chi connectivity index (χ0) is 12.7. The van der Waals surface area contributed by atoms with Gasteiger partial charge in [0.15, 0.2) is 11.5 Å². The van der Waals surface area contributed by atoms with Crippen molar-refractivity contribution in [1.29, 1.82) is 0 Å². The standard InChI is InChI=1S/C14H20O3/c1-13(2,3)14(4,15)10-5-6-11-12(9-10)17-8-7-16-11/h5-6,9,15H,7-8H2,1-4H3. The van der Waals surface area contributed by atoms with Crippen molar-refractivity contribution in [1.82, 2.24) is 0 Å². The lowest BCUT2D eigenvalue weighted by atomic mass is 9.73. The van der Waals surface area contributed by atoms with Gasteiger partial charge in [-0.1, -0.05) is 26.8 Å². The van der Waals surface area contributed by atoms with E-state index in [9.17, 15) is 5.11 Å². The molecule has 1 atom stereocenters. The van der Waals surface area contributed by atoms with Crippen molar-refractivity contribution < 1.29 is 14.6 Å². The monoisotopic (exact) mass is 236 g/mol. The third kappa shape index (κ3) is 2.12. The van der Waals surface area contributed by atoms with Crippen LogP contribution in [-0.4, -0.2) is 18.3 Å². The summed E-state index contributed by atoms with van der Waals surface area (Å²) in [5.41, 5.74) is -0.284. The zero-order valence-electron chi connectivity index (χ0n) is 10.9. The molecule has 0 fully saturated rings. The van der Waals surface area contributed by atoms with E-state index in [0.717, 1.165) is 17.1 Å². The molecule has 0 bridgehead atoms. The van der Waals surface area contributed by atoms with Gasteiger partial charge in [0, 0.05) is 0 Å². The zero-order valence-corrected chi connectivity index (χ0v) is 10.9. The second-order valence-corrected chi connectivity index (χ2v) is 5.68. The quantitative estimate of drug-likeness (QED) is 0.814. The van der Waals surface area contributed by atoms with Gasteiger partial charge in [0.1, 0.15) is 13.2 Å². The van der Waals surface area contributed by atoms with E-state index in [1.54, 1.807) is 0 Å². The van der Waals surface area contributed by atoms with Gasteiger partial charge < -0.3 is 14.6 Å². The van der Waals surface area contributed by atoms with Crippen LogP contribution in [0.15, 0.2) is 18.2 Å². The van der Waals surface area contributed by atoms with Crippen molar-refractivity contribution >= 4 is 0 Å². The van der Waals surface area contributed by atoms with Crippen molar-refractivity contribution in [3.05, 3.63) is 23.8 Å². The Morgan fingerprint density at radius 3 is 2.18 bits per heavy atom. The van der Waals surface area contributed by atoms with Crippen LogP contribution in [0.4, 0.5) is 0 Å². The molecule has 0 radical (unpaired) electrons. The number of hydrogen-bond acceptors (Lipinski definition) is 3. The van der Waals surface area contributed by atoms with E-state index in [2.05, 4.69) is 0 Å². The Balaban J connectivity index is 2.40. The number of aliphatic hydroxyl groups is 1. The minimum Gasteiger partial charge on any atom is -0.486 e. The SMILES string of the molecule is CC(C)(C)C(C)(O)c1ccc2c(c1)OCCO2. The van der Waals surface area contributed by atoms with Gasteiger partial charge in [0.05, 0.1) is 5.60 Å². The average Bonchev–Trinajstić information content (AvgIpc) is 2.27. The molecule has 0 aromatic heterocycles. The lowest BCUT2D eigenvalue weighted by Gasteiger charge is -2.38. The summed E-state index contributed by atoms with van der Waals surface area (Å²) in [5.74, 6) is 1.47. The molecule has 1 aromatic rings. The maximum atomic E-state index is 10.6. The molecule has 3 heteroatoms. The maximum absolute atomic E-state index is 10.6. The molecule has 3 nitrogen and oxygen atoms in total. The highest BCUT2D eigenvalue weighted by atomic mass is 16.6. The molecule has 1 N–H and O–H groups in total. The first-order chi connectivity index (χ1) is 7.82. The Bertz CT molecular complexity index is 416. The van der Waals surface area contributed by atoms with E-state index in [1.165, 1.54) is 0 Å². The van der Waals surface area contributed by atoms with Gasteiger partial charge in [-0.25, -0.2) is 0 Å². The van der Waals surface area contributed by atoms with Gasteiger partial charge >= 0.3 is 0 Å². The van der Waals surface area contributed by atoms with Crippen LogP contribution in [0.25, 0.3) is 0 Å². The molecule has 2 rings (SSSR count). The third-order valence-electron chi connectivity index (χ3n) is 3.56. The third-order valence-corrected chi connectivity index (χ3v) is 3.56. The first-order valence-electron chi connectivity index (χ1n) is 5.95. The summed E-state index contributed by atoms with van der Waals surface area (Å²) < 4.78 is 11.0. The van der Waals surface area contributed by atoms with Crippen LogP contribution in [0.1, 0.15) is 33.3 Å². The van der Waals surface area contributed by atoms with Gasteiger partial charge in [-0.05, 0) is 30.0 Å². The molecule has 0 saturated carbocycles. The van der Waals surface area contributed by atoms with E-state index in [1.807, 2.05) is 45.9 Å². The average molecular weight is 236 g/mol. The van der Waals surface area contributed by atoms with E-state index >= 15 is 0 Å². The van der Waals surface area contributed by atoms with Crippen LogP contribution in [0.3, 0.4) is 0 Å². The molecule has 0 aliphatic carbocycles.